The zero-order valence-electron chi connectivity index (χ0n) is 18.4. The first kappa shape index (κ1) is 21.8. The highest BCUT2D eigenvalue weighted by Gasteiger charge is 2.35. The lowest BCUT2D eigenvalue weighted by atomic mass is 9.75. The van der Waals surface area contributed by atoms with Gasteiger partial charge in [-0.2, -0.15) is 4.31 Å². The van der Waals surface area contributed by atoms with Crippen molar-refractivity contribution in [2.75, 3.05) is 45.8 Å². The van der Waals surface area contributed by atoms with Crippen LogP contribution in [-0.2, 0) is 14.8 Å². The molecule has 2 saturated heterocycles. The molecule has 0 radical (unpaired) electrons. The molecule has 0 bridgehead atoms. The zero-order chi connectivity index (χ0) is 21.3. The van der Waals surface area contributed by atoms with Gasteiger partial charge in [-0.15, -0.1) is 0 Å². The van der Waals surface area contributed by atoms with Crippen molar-refractivity contribution >= 4 is 15.9 Å². The Morgan fingerprint density at radius 2 is 1.70 bits per heavy atom. The number of benzene rings is 1. The van der Waals surface area contributed by atoms with Gasteiger partial charge in [0.15, 0.2) is 6.54 Å². The number of aryl methyl sites for hydroxylation is 2. The molecule has 2 atom stereocenters. The van der Waals surface area contributed by atoms with Gasteiger partial charge in [0.2, 0.25) is 10.0 Å². The maximum Gasteiger partial charge on any atom is 0.277 e. The van der Waals surface area contributed by atoms with E-state index in [-0.39, 0.29) is 5.91 Å². The zero-order valence-corrected chi connectivity index (χ0v) is 19.2. The molecule has 1 aromatic rings. The highest BCUT2D eigenvalue weighted by molar-refractivity contribution is 7.89. The van der Waals surface area contributed by atoms with Crippen LogP contribution in [0.2, 0.25) is 0 Å². The molecular weight excluding hydrogens is 398 g/mol. The standard InChI is InChI=1S/C23H35N3O3S/c1-18-7-8-22(15-19(18)2)30(28,29)26-13-11-24(12-14-26)17-23(27)25-10-9-20-5-3-4-6-21(20)16-25/h7-8,15,20-21H,3-6,9-14,16-17H2,1-2H3/p+1/t20-,21-/m1/s1. The van der Waals surface area contributed by atoms with Gasteiger partial charge < -0.3 is 9.80 Å². The van der Waals surface area contributed by atoms with Gasteiger partial charge >= 0.3 is 0 Å². The number of likely N-dealkylation sites (tertiary alicyclic amines) is 1. The van der Waals surface area contributed by atoms with E-state index in [0.717, 1.165) is 36.6 Å². The largest absolute Gasteiger partial charge is 0.338 e. The van der Waals surface area contributed by atoms with Crippen LogP contribution in [0.3, 0.4) is 0 Å². The first-order chi connectivity index (χ1) is 14.3. The number of carbonyl (C=O) groups is 1. The maximum atomic E-state index is 13.0. The normalized spacial score (nSPS) is 26.4. The number of nitrogens with one attached hydrogen (secondary N) is 1. The summed E-state index contributed by atoms with van der Waals surface area (Å²) in [5, 5.41) is 0. The fraction of sp³-hybridized carbons (Fsp3) is 0.696. The Morgan fingerprint density at radius 3 is 2.40 bits per heavy atom. The van der Waals surface area contributed by atoms with Crippen LogP contribution in [0.5, 0.6) is 0 Å². The molecule has 3 aliphatic rings. The molecule has 166 valence electrons. The van der Waals surface area contributed by atoms with Crippen molar-refractivity contribution in [3.63, 3.8) is 0 Å². The number of rotatable bonds is 4. The Kier molecular flexibility index (Phi) is 6.51. The molecule has 0 spiro atoms. The lowest BCUT2D eigenvalue weighted by molar-refractivity contribution is -0.896. The first-order valence-corrected chi connectivity index (χ1v) is 13.0. The predicted molar refractivity (Wildman–Crippen MR) is 117 cm³/mol. The molecule has 2 heterocycles. The number of amides is 1. The van der Waals surface area contributed by atoms with Crippen LogP contribution in [0, 0.1) is 25.7 Å². The summed E-state index contributed by atoms with van der Waals surface area (Å²) in [6.45, 7) is 8.59. The van der Waals surface area contributed by atoms with E-state index in [2.05, 4.69) is 4.90 Å². The molecule has 1 amide bonds. The average Bonchev–Trinajstić information content (AvgIpc) is 2.75. The summed E-state index contributed by atoms with van der Waals surface area (Å²) < 4.78 is 27.6. The molecule has 1 N–H and O–H groups in total. The molecule has 3 fully saturated rings. The van der Waals surface area contributed by atoms with Crippen LogP contribution in [0.4, 0.5) is 0 Å². The third-order valence-corrected chi connectivity index (χ3v) is 9.49. The minimum atomic E-state index is -3.46. The number of nitrogens with zero attached hydrogens (tertiary/aromatic N) is 2. The minimum Gasteiger partial charge on any atom is -0.338 e. The summed E-state index contributed by atoms with van der Waals surface area (Å²) in [4.78, 5) is 16.5. The second-order valence-corrected chi connectivity index (χ2v) is 11.4. The predicted octanol–water partition coefficient (Wildman–Crippen LogP) is 1.23. The van der Waals surface area contributed by atoms with Gasteiger partial charge in [-0.1, -0.05) is 25.3 Å². The second-order valence-electron chi connectivity index (χ2n) is 9.51. The van der Waals surface area contributed by atoms with E-state index in [1.54, 1.807) is 16.4 Å². The van der Waals surface area contributed by atoms with Crippen molar-refractivity contribution in [3.05, 3.63) is 29.3 Å². The van der Waals surface area contributed by atoms with Gasteiger partial charge in [-0.25, -0.2) is 8.42 Å². The van der Waals surface area contributed by atoms with Gasteiger partial charge in [0.1, 0.15) is 0 Å². The van der Waals surface area contributed by atoms with Gasteiger partial charge in [-0.3, -0.25) is 4.79 Å². The van der Waals surface area contributed by atoms with E-state index in [1.165, 1.54) is 30.6 Å². The van der Waals surface area contributed by atoms with E-state index in [0.29, 0.717) is 43.5 Å². The van der Waals surface area contributed by atoms with Crippen LogP contribution >= 0.6 is 0 Å². The van der Waals surface area contributed by atoms with Crippen LogP contribution in [-0.4, -0.2) is 69.3 Å². The summed E-state index contributed by atoms with van der Waals surface area (Å²) in [7, 11) is -3.46. The van der Waals surface area contributed by atoms with Gasteiger partial charge in [0.25, 0.3) is 5.91 Å². The SMILES string of the molecule is Cc1ccc(S(=O)(=O)N2CC[NH+](CC(=O)N3CC[C@H]4CCCC[C@@H]4C3)CC2)cc1C. The lowest BCUT2D eigenvalue weighted by Gasteiger charge is -2.41. The quantitative estimate of drug-likeness (QED) is 0.775. The van der Waals surface area contributed by atoms with Crippen LogP contribution in [0.15, 0.2) is 23.1 Å². The van der Waals surface area contributed by atoms with E-state index in [4.69, 9.17) is 0 Å². The van der Waals surface area contributed by atoms with Gasteiger partial charge in [-0.05, 0) is 61.8 Å². The summed E-state index contributed by atoms with van der Waals surface area (Å²) in [6.07, 6.45) is 6.44. The van der Waals surface area contributed by atoms with E-state index in [1.807, 2.05) is 19.9 Å². The molecule has 0 unspecified atom stereocenters. The number of hydrogen-bond acceptors (Lipinski definition) is 3. The fourth-order valence-corrected chi connectivity index (χ4v) is 6.92. The van der Waals surface area contributed by atoms with E-state index in [9.17, 15) is 13.2 Å². The van der Waals surface area contributed by atoms with Crippen molar-refractivity contribution in [1.29, 1.82) is 0 Å². The smallest absolute Gasteiger partial charge is 0.277 e. The van der Waals surface area contributed by atoms with E-state index < -0.39 is 10.0 Å². The second kappa shape index (κ2) is 8.97. The number of carbonyl (C=O) groups excluding carboxylic acids is 1. The number of quaternary nitrogens is 1. The molecule has 0 aromatic heterocycles. The van der Waals surface area contributed by atoms with Gasteiger partial charge in [0.05, 0.1) is 31.1 Å². The monoisotopic (exact) mass is 434 g/mol. The van der Waals surface area contributed by atoms with Crippen molar-refractivity contribution in [2.45, 2.75) is 50.8 Å². The number of sulfonamides is 1. The number of fused-ring (bicyclic) bond motifs is 1. The highest BCUT2D eigenvalue weighted by Crippen LogP contribution is 2.35. The van der Waals surface area contributed by atoms with Gasteiger partial charge in [0, 0.05) is 13.1 Å². The Balaban J connectivity index is 1.30. The Bertz CT molecular complexity index is 878. The average molecular weight is 435 g/mol. The first-order valence-electron chi connectivity index (χ1n) is 11.5. The Labute approximate surface area is 181 Å². The van der Waals surface area contributed by atoms with Crippen molar-refractivity contribution in [3.8, 4) is 0 Å². The van der Waals surface area contributed by atoms with Crippen LogP contribution in [0.1, 0.15) is 43.2 Å². The third kappa shape index (κ3) is 4.58. The van der Waals surface area contributed by atoms with Crippen LogP contribution in [0.25, 0.3) is 0 Å². The molecule has 6 nitrogen and oxygen atoms in total. The lowest BCUT2D eigenvalue weighted by Crippen LogP contribution is -3.15. The minimum absolute atomic E-state index is 0.250. The molecule has 7 heteroatoms. The third-order valence-electron chi connectivity index (χ3n) is 7.59. The van der Waals surface area contributed by atoms with Crippen molar-refractivity contribution in [2.24, 2.45) is 11.8 Å². The molecule has 2 aliphatic heterocycles. The van der Waals surface area contributed by atoms with Crippen molar-refractivity contribution in [1.82, 2.24) is 9.21 Å². The molecular formula is C23H36N3O3S+. The van der Waals surface area contributed by atoms with Crippen molar-refractivity contribution < 1.29 is 18.1 Å². The Hall–Kier alpha value is -1.44. The summed E-state index contributed by atoms with van der Waals surface area (Å²) in [5.74, 6) is 1.78. The molecule has 1 aliphatic carbocycles. The molecule has 1 aromatic carbocycles. The number of piperazine rings is 1. The molecule has 4 rings (SSSR count). The Morgan fingerprint density at radius 1 is 1.00 bits per heavy atom. The number of piperidine rings is 1. The highest BCUT2D eigenvalue weighted by atomic mass is 32.2. The summed E-state index contributed by atoms with van der Waals surface area (Å²) >= 11 is 0. The summed E-state index contributed by atoms with van der Waals surface area (Å²) in [5.41, 5.74) is 2.09. The maximum absolute atomic E-state index is 13.0. The fourth-order valence-electron chi connectivity index (χ4n) is 5.40. The molecule has 1 saturated carbocycles. The summed E-state index contributed by atoms with van der Waals surface area (Å²) in [6, 6.07) is 5.34. The van der Waals surface area contributed by atoms with E-state index >= 15 is 0 Å². The van der Waals surface area contributed by atoms with Crippen LogP contribution < -0.4 is 4.90 Å². The number of hydrogen-bond donors (Lipinski definition) is 1. The topological polar surface area (TPSA) is 62.1 Å². The molecule has 30 heavy (non-hydrogen) atoms.